The van der Waals surface area contributed by atoms with Gasteiger partial charge in [0, 0.05) is 19.4 Å². The van der Waals surface area contributed by atoms with Gasteiger partial charge in [-0.2, -0.15) is 0 Å². The molecule has 0 saturated heterocycles. The Balaban J connectivity index is 4.22. The number of esters is 2. The summed E-state index contributed by atoms with van der Waals surface area (Å²) in [6.45, 7) is 7.75. The molecule has 0 rings (SSSR count). The van der Waals surface area contributed by atoms with Crippen LogP contribution in [0.1, 0.15) is 303 Å². The minimum absolute atomic E-state index is 0.157. The van der Waals surface area contributed by atoms with Crippen LogP contribution in [-0.2, 0) is 23.8 Å². The highest BCUT2D eigenvalue weighted by molar-refractivity contribution is 5.69. The zero-order chi connectivity index (χ0) is 44.9. The maximum atomic E-state index is 12.6. The number of carbonyl (C=O) groups is 2. The molecule has 0 amide bonds. The Kier molecular flexibility index (Phi) is 52.3. The van der Waals surface area contributed by atoms with E-state index in [0.717, 1.165) is 44.9 Å². The molecule has 0 N–H and O–H groups in total. The molecule has 0 aliphatic rings. The van der Waals surface area contributed by atoms with Crippen molar-refractivity contribution in [3.05, 3.63) is 24.3 Å². The number of unbranched alkanes of at least 4 members (excludes halogenated alkanes) is 37. The summed E-state index contributed by atoms with van der Waals surface area (Å²) in [5, 5.41) is 0. The number of allylic oxidation sites excluding steroid dienone is 4. The highest BCUT2D eigenvalue weighted by atomic mass is 16.6. The summed E-state index contributed by atoms with van der Waals surface area (Å²) in [7, 11) is 0. The second-order valence-electron chi connectivity index (χ2n) is 18.8. The van der Waals surface area contributed by atoms with Crippen LogP contribution < -0.4 is 0 Å². The molecule has 0 aromatic heterocycles. The molecule has 0 spiro atoms. The average Bonchev–Trinajstić information content (AvgIpc) is 3.28. The minimum Gasteiger partial charge on any atom is -0.463 e. The van der Waals surface area contributed by atoms with Crippen molar-refractivity contribution in [1.82, 2.24) is 0 Å². The third kappa shape index (κ3) is 51.0. The van der Waals surface area contributed by atoms with Gasteiger partial charge < -0.3 is 14.2 Å². The summed E-state index contributed by atoms with van der Waals surface area (Å²) in [6, 6.07) is 0. The van der Waals surface area contributed by atoms with Crippen LogP contribution in [-0.4, -0.2) is 37.9 Å². The van der Waals surface area contributed by atoms with E-state index < -0.39 is 6.10 Å². The first kappa shape index (κ1) is 60.4. The highest BCUT2D eigenvalue weighted by Crippen LogP contribution is 2.16. The molecule has 5 nitrogen and oxygen atoms in total. The molecular formula is C57H108O5. The summed E-state index contributed by atoms with van der Waals surface area (Å²) in [5.41, 5.74) is 0. The first-order valence-corrected chi connectivity index (χ1v) is 27.9. The van der Waals surface area contributed by atoms with Gasteiger partial charge in [0.05, 0.1) is 0 Å². The molecule has 0 unspecified atom stereocenters. The van der Waals surface area contributed by atoms with E-state index in [1.807, 2.05) is 0 Å². The smallest absolute Gasteiger partial charge is 0.305 e. The van der Waals surface area contributed by atoms with Gasteiger partial charge in [-0.3, -0.25) is 9.59 Å². The van der Waals surface area contributed by atoms with Gasteiger partial charge in [-0.1, -0.05) is 244 Å². The Labute approximate surface area is 387 Å². The average molecular weight is 873 g/mol. The lowest BCUT2D eigenvalue weighted by molar-refractivity contribution is -0.155. The normalized spacial score (nSPS) is 12.2. The molecule has 5 heteroatoms. The van der Waals surface area contributed by atoms with Crippen LogP contribution in [0, 0.1) is 0 Å². The number of hydrogen-bond donors (Lipinski definition) is 0. The Morgan fingerprint density at radius 2 is 0.565 bits per heavy atom. The summed E-state index contributed by atoms with van der Waals surface area (Å²) < 4.78 is 17.5. The molecule has 1 atom stereocenters. The van der Waals surface area contributed by atoms with E-state index in [-0.39, 0.29) is 25.2 Å². The molecule has 0 fully saturated rings. The van der Waals surface area contributed by atoms with Gasteiger partial charge in [0.1, 0.15) is 19.3 Å². The molecular weight excluding hydrogens is 765 g/mol. The monoisotopic (exact) mass is 873 g/mol. The van der Waals surface area contributed by atoms with Crippen molar-refractivity contribution in [2.45, 2.75) is 309 Å². The third-order valence-electron chi connectivity index (χ3n) is 12.5. The van der Waals surface area contributed by atoms with Crippen LogP contribution in [0.4, 0.5) is 0 Å². The summed E-state index contributed by atoms with van der Waals surface area (Å²) in [6.07, 6.45) is 63.5. The summed E-state index contributed by atoms with van der Waals surface area (Å²) in [4.78, 5) is 25.2. The van der Waals surface area contributed by atoms with Gasteiger partial charge >= 0.3 is 11.9 Å². The Hall–Kier alpha value is -1.62. The van der Waals surface area contributed by atoms with Crippen molar-refractivity contribution >= 4 is 11.9 Å². The molecule has 0 aromatic carbocycles. The van der Waals surface area contributed by atoms with E-state index in [9.17, 15) is 9.59 Å². The van der Waals surface area contributed by atoms with Crippen LogP contribution >= 0.6 is 0 Å². The van der Waals surface area contributed by atoms with Gasteiger partial charge in [0.2, 0.25) is 0 Å². The molecule has 366 valence electrons. The summed E-state index contributed by atoms with van der Waals surface area (Å²) >= 11 is 0. The van der Waals surface area contributed by atoms with Crippen molar-refractivity contribution in [2.24, 2.45) is 0 Å². The van der Waals surface area contributed by atoms with Crippen LogP contribution in [0.15, 0.2) is 24.3 Å². The lowest BCUT2D eigenvalue weighted by Crippen LogP contribution is -2.29. The van der Waals surface area contributed by atoms with Gasteiger partial charge in [0.25, 0.3) is 0 Å². The van der Waals surface area contributed by atoms with E-state index in [1.165, 1.54) is 225 Å². The Bertz CT molecular complexity index is 943. The minimum atomic E-state index is -0.399. The molecule has 0 aromatic rings. The van der Waals surface area contributed by atoms with E-state index in [4.69, 9.17) is 14.2 Å². The van der Waals surface area contributed by atoms with E-state index in [2.05, 4.69) is 45.1 Å². The lowest BCUT2D eigenvalue weighted by atomic mass is 10.0. The van der Waals surface area contributed by atoms with Gasteiger partial charge in [-0.05, 0) is 70.6 Å². The molecule has 0 bridgehead atoms. The van der Waals surface area contributed by atoms with E-state index in [0.29, 0.717) is 19.4 Å². The maximum absolute atomic E-state index is 12.6. The fourth-order valence-corrected chi connectivity index (χ4v) is 8.24. The van der Waals surface area contributed by atoms with Crippen LogP contribution in [0.3, 0.4) is 0 Å². The van der Waals surface area contributed by atoms with Gasteiger partial charge in [0.15, 0.2) is 0 Å². The zero-order valence-corrected chi connectivity index (χ0v) is 42.2. The van der Waals surface area contributed by atoms with Crippen molar-refractivity contribution in [2.75, 3.05) is 19.8 Å². The quantitative estimate of drug-likeness (QED) is 0.0346. The Morgan fingerprint density at radius 1 is 0.323 bits per heavy atom. The molecule has 0 aliphatic carbocycles. The van der Waals surface area contributed by atoms with E-state index in [1.54, 1.807) is 0 Å². The SMILES string of the molecule is CCCCCC/C=C\CCCCCCCC(=O)OC[C@@H](COC(=O)CCCCCCCCC/C=C\CCCCCCCC)OCCCCCCCCCCCCCCCCCC. The zero-order valence-electron chi connectivity index (χ0n) is 42.2. The van der Waals surface area contributed by atoms with Crippen LogP contribution in [0.2, 0.25) is 0 Å². The van der Waals surface area contributed by atoms with Crippen molar-refractivity contribution in [1.29, 1.82) is 0 Å². The van der Waals surface area contributed by atoms with Crippen molar-refractivity contribution in [3.63, 3.8) is 0 Å². The number of ether oxygens (including phenoxy) is 3. The fraction of sp³-hybridized carbons (Fsp3) is 0.895. The lowest BCUT2D eigenvalue weighted by Gasteiger charge is -2.18. The molecule has 0 aliphatic heterocycles. The van der Waals surface area contributed by atoms with Crippen LogP contribution in [0.25, 0.3) is 0 Å². The predicted octanol–water partition coefficient (Wildman–Crippen LogP) is 18.8. The highest BCUT2D eigenvalue weighted by Gasteiger charge is 2.16. The first-order valence-electron chi connectivity index (χ1n) is 27.9. The molecule has 0 heterocycles. The third-order valence-corrected chi connectivity index (χ3v) is 12.5. The number of rotatable bonds is 52. The van der Waals surface area contributed by atoms with Crippen LogP contribution in [0.5, 0.6) is 0 Å². The second kappa shape index (κ2) is 53.7. The number of carbonyl (C=O) groups excluding carboxylic acids is 2. The molecule has 0 saturated carbocycles. The fourth-order valence-electron chi connectivity index (χ4n) is 8.24. The van der Waals surface area contributed by atoms with Gasteiger partial charge in [-0.25, -0.2) is 0 Å². The Morgan fingerprint density at radius 3 is 0.871 bits per heavy atom. The predicted molar refractivity (Wildman–Crippen MR) is 270 cm³/mol. The van der Waals surface area contributed by atoms with Crippen molar-refractivity contribution < 1.29 is 23.8 Å². The second-order valence-corrected chi connectivity index (χ2v) is 18.8. The summed E-state index contributed by atoms with van der Waals surface area (Å²) in [5.74, 6) is -0.333. The van der Waals surface area contributed by atoms with E-state index >= 15 is 0 Å². The van der Waals surface area contributed by atoms with Crippen molar-refractivity contribution in [3.8, 4) is 0 Å². The largest absolute Gasteiger partial charge is 0.463 e. The molecule has 62 heavy (non-hydrogen) atoms. The maximum Gasteiger partial charge on any atom is 0.305 e. The number of hydrogen-bond acceptors (Lipinski definition) is 5. The first-order chi connectivity index (χ1) is 30.6. The topological polar surface area (TPSA) is 61.8 Å². The van der Waals surface area contributed by atoms with Gasteiger partial charge in [-0.15, -0.1) is 0 Å². The molecule has 0 radical (unpaired) electrons. The standard InChI is InChI=1S/C57H108O5/c1-4-7-10-13-16-19-22-25-27-29-30-33-36-39-42-45-48-51-57(59)62-54-55(53-61-56(58)50-47-44-41-38-35-32-24-21-18-15-12-9-6-3)60-52-49-46-43-40-37-34-31-28-26-23-20-17-14-11-8-5-2/h21,24-25,27,55H,4-20,22-23,26,28-54H2,1-3H3/b24-21-,27-25-/t55-/m0/s1.